The largest absolute Gasteiger partial charge is 0.470 e. The van der Waals surface area contributed by atoms with E-state index in [4.69, 9.17) is 15.0 Å². The van der Waals surface area contributed by atoms with Gasteiger partial charge < -0.3 is 25.0 Å². The van der Waals surface area contributed by atoms with E-state index in [-0.39, 0.29) is 19.6 Å². The maximum Gasteiger partial charge on any atom is 0.470 e. The lowest BCUT2D eigenvalue weighted by atomic mass is 9.72. The molecule has 0 aliphatic heterocycles. The molecule has 0 aromatic heterocycles. The van der Waals surface area contributed by atoms with Crippen LogP contribution in [0.2, 0.25) is 0 Å². The van der Waals surface area contributed by atoms with Crippen molar-refractivity contribution >= 4 is 19.8 Å². The third-order valence-electron chi connectivity index (χ3n) is 4.02. The van der Waals surface area contributed by atoms with Gasteiger partial charge in [-0.1, -0.05) is 30.3 Å². The zero-order chi connectivity index (χ0) is 20.0. The van der Waals surface area contributed by atoms with Crippen LogP contribution in [-0.2, 0) is 34.8 Å². The summed E-state index contributed by atoms with van der Waals surface area (Å²) in [6.45, 7) is 2.18. The number of methoxy groups -OCH3 is 1. The van der Waals surface area contributed by atoms with E-state index in [9.17, 15) is 23.9 Å². The molecule has 1 unspecified atom stereocenters. The van der Waals surface area contributed by atoms with E-state index in [0.717, 1.165) is 7.11 Å². The molecule has 0 aliphatic rings. The van der Waals surface area contributed by atoms with E-state index >= 15 is 0 Å². The number of benzene rings is 1. The second-order valence-corrected chi connectivity index (χ2v) is 7.29. The normalized spacial score (nSPS) is 14.4. The quantitative estimate of drug-likeness (QED) is 0.418. The van der Waals surface area contributed by atoms with Gasteiger partial charge in [-0.2, -0.15) is 0 Å². The number of phosphoric acid groups is 1. The molecule has 0 fully saturated rings. The minimum absolute atomic E-state index is 0.173. The Morgan fingerprint density at radius 1 is 1.15 bits per heavy atom. The number of ether oxygens (including phenoxy) is 2. The molecule has 0 saturated heterocycles. The molecule has 1 rings (SSSR count). The number of rotatable bonds is 9. The van der Waals surface area contributed by atoms with Gasteiger partial charge in [-0.05, 0) is 26.0 Å². The molecule has 146 valence electrons. The molecule has 0 aliphatic carbocycles. The Morgan fingerprint density at radius 3 is 2.19 bits per heavy atom. The molecule has 4 N–H and O–H groups in total. The molecular formula is C16H24NO8P. The van der Waals surface area contributed by atoms with Gasteiger partial charge >= 0.3 is 19.8 Å². The molecule has 0 saturated carbocycles. The van der Waals surface area contributed by atoms with Gasteiger partial charge in [0.1, 0.15) is 12.0 Å². The summed E-state index contributed by atoms with van der Waals surface area (Å²) < 4.78 is 26.2. The first-order valence-electron chi connectivity index (χ1n) is 7.76. The molecular weight excluding hydrogens is 365 g/mol. The van der Waals surface area contributed by atoms with Crippen molar-refractivity contribution in [3.8, 4) is 0 Å². The summed E-state index contributed by atoms with van der Waals surface area (Å²) in [6, 6.07) is 8.66. The lowest BCUT2D eigenvalue weighted by Gasteiger charge is -2.41. The number of carbonyl (C=O) groups is 2. The van der Waals surface area contributed by atoms with E-state index in [1.54, 1.807) is 30.3 Å². The van der Waals surface area contributed by atoms with Crippen LogP contribution < -0.4 is 5.73 Å². The summed E-state index contributed by atoms with van der Waals surface area (Å²) >= 11 is 0. The van der Waals surface area contributed by atoms with Gasteiger partial charge in [-0.25, -0.2) is 9.36 Å². The topological polar surface area (TPSA) is 145 Å². The predicted octanol–water partition coefficient (Wildman–Crippen LogP) is 1.13. The molecule has 0 bridgehead atoms. The highest BCUT2D eigenvalue weighted by molar-refractivity contribution is 7.46. The number of esters is 2. The molecule has 1 atom stereocenters. The van der Waals surface area contributed by atoms with Crippen LogP contribution in [0, 0.1) is 5.41 Å². The van der Waals surface area contributed by atoms with Crippen molar-refractivity contribution in [1.82, 2.24) is 0 Å². The molecule has 1 aromatic carbocycles. The molecule has 0 spiro atoms. The number of carbonyl (C=O) groups excluding carboxylic acids is 2. The van der Waals surface area contributed by atoms with Crippen LogP contribution >= 0.6 is 7.82 Å². The Balaban J connectivity index is 3.29. The second-order valence-electron chi connectivity index (χ2n) is 6.13. The van der Waals surface area contributed by atoms with Crippen LogP contribution in [0.4, 0.5) is 0 Å². The highest BCUT2D eigenvalue weighted by Crippen LogP contribution is 2.50. The number of phosphoric ester groups is 1. The maximum atomic E-state index is 12.8. The van der Waals surface area contributed by atoms with Gasteiger partial charge in [0.25, 0.3) is 0 Å². The average Bonchev–Trinajstić information content (AvgIpc) is 2.57. The molecule has 26 heavy (non-hydrogen) atoms. The fourth-order valence-electron chi connectivity index (χ4n) is 2.53. The summed E-state index contributed by atoms with van der Waals surface area (Å²) in [5.41, 5.74) is 2.06. The van der Waals surface area contributed by atoms with E-state index < -0.39 is 30.8 Å². The fourth-order valence-corrected chi connectivity index (χ4v) is 3.33. The summed E-state index contributed by atoms with van der Waals surface area (Å²) in [6.07, 6.45) is -0.367. The van der Waals surface area contributed by atoms with Gasteiger partial charge in [0.2, 0.25) is 0 Å². The monoisotopic (exact) mass is 389 g/mol. The van der Waals surface area contributed by atoms with E-state index in [0.29, 0.717) is 5.56 Å². The van der Waals surface area contributed by atoms with Crippen LogP contribution in [0.25, 0.3) is 0 Å². The van der Waals surface area contributed by atoms with Crippen molar-refractivity contribution in [3.05, 3.63) is 35.9 Å². The fraction of sp³-hybridized carbons (Fsp3) is 0.500. The van der Waals surface area contributed by atoms with Crippen LogP contribution in [-0.4, -0.2) is 41.0 Å². The third-order valence-corrected chi connectivity index (χ3v) is 4.57. The first-order chi connectivity index (χ1) is 12.0. The van der Waals surface area contributed by atoms with Crippen molar-refractivity contribution < 1.29 is 37.9 Å². The molecule has 0 radical (unpaired) electrons. The second kappa shape index (κ2) is 8.75. The summed E-state index contributed by atoms with van der Waals surface area (Å²) in [5, 5.41) is 0. The number of nitrogens with two attached hydrogens (primary N) is 1. The lowest BCUT2D eigenvalue weighted by molar-refractivity contribution is -0.190. The number of hydrogen-bond donors (Lipinski definition) is 3. The minimum atomic E-state index is -5.18. The Morgan fingerprint density at radius 2 is 1.73 bits per heavy atom. The standard InChI is InChI=1S/C16H24NO8P/c1-15(2,13(18)23-3)16(9-10-17,25-26(20,21)22)14(19)24-11-12-7-5-4-6-8-12/h4-8H,9-11,17H2,1-3H3,(H2,20,21,22). The van der Waals surface area contributed by atoms with Crippen LogP contribution in [0.5, 0.6) is 0 Å². The third kappa shape index (κ3) is 5.12. The summed E-state index contributed by atoms with van der Waals surface area (Å²) in [4.78, 5) is 43.7. The zero-order valence-corrected chi connectivity index (χ0v) is 15.8. The van der Waals surface area contributed by atoms with Crippen molar-refractivity contribution in [2.75, 3.05) is 13.7 Å². The molecule has 1 aromatic rings. The first-order valence-corrected chi connectivity index (χ1v) is 9.29. The van der Waals surface area contributed by atoms with Crippen LogP contribution in [0.3, 0.4) is 0 Å². The Kier molecular flexibility index (Phi) is 7.49. The maximum absolute atomic E-state index is 12.8. The zero-order valence-electron chi connectivity index (χ0n) is 14.9. The average molecular weight is 389 g/mol. The van der Waals surface area contributed by atoms with Crippen LogP contribution in [0.15, 0.2) is 30.3 Å². The smallest absolute Gasteiger partial charge is 0.469 e. The van der Waals surface area contributed by atoms with Crippen LogP contribution in [0.1, 0.15) is 25.8 Å². The van der Waals surface area contributed by atoms with Crippen molar-refractivity contribution in [3.63, 3.8) is 0 Å². The van der Waals surface area contributed by atoms with Crippen molar-refractivity contribution in [1.29, 1.82) is 0 Å². The first kappa shape index (κ1) is 22.3. The Hall–Kier alpha value is -1.77. The number of hydrogen-bond acceptors (Lipinski definition) is 7. The predicted molar refractivity (Wildman–Crippen MR) is 91.6 cm³/mol. The van der Waals surface area contributed by atoms with Crippen molar-refractivity contribution in [2.24, 2.45) is 11.1 Å². The summed E-state index contributed by atoms with van der Waals surface area (Å²) in [7, 11) is -4.09. The molecule has 0 amide bonds. The Bertz CT molecular complexity index is 672. The van der Waals surface area contributed by atoms with Gasteiger partial charge in [-0.3, -0.25) is 9.32 Å². The highest BCUT2D eigenvalue weighted by atomic mass is 31.2. The SMILES string of the molecule is COC(=O)C(C)(C)C(CCN)(OP(=O)(O)O)C(=O)OCc1ccccc1. The Labute approximate surface area is 151 Å². The van der Waals surface area contributed by atoms with E-state index in [2.05, 4.69) is 4.74 Å². The molecule has 10 heteroatoms. The molecule has 9 nitrogen and oxygen atoms in total. The lowest BCUT2D eigenvalue weighted by Crippen LogP contribution is -2.58. The van der Waals surface area contributed by atoms with E-state index in [1.807, 2.05) is 0 Å². The minimum Gasteiger partial charge on any atom is -0.469 e. The van der Waals surface area contributed by atoms with Gasteiger partial charge in [-0.15, -0.1) is 0 Å². The van der Waals surface area contributed by atoms with Crippen molar-refractivity contribution in [2.45, 2.75) is 32.5 Å². The van der Waals surface area contributed by atoms with Gasteiger partial charge in [0.15, 0.2) is 5.60 Å². The highest BCUT2D eigenvalue weighted by Gasteiger charge is 2.61. The van der Waals surface area contributed by atoms with Gasteiger partial charge in [0, 0.05) is 6.42 Å². The summed E-state index contributed by atoms with van der Waals surface area (Å²) in [5.74, 6) is -2.03. The van der Waals surface area contributed by atoms with Gasteiger partial charge in [0.05, 0.1) is 7.11 Å². The molecule has 0 heterocycles. The van der Waals surface area contributed by atoms with E-state index in [1.165, 1.54) is 13.8 Å².